The zero-order chi connectivity index (χ0) is 10.4. The van der Waals surface area contributed by atoms with Crippen LogP contribution in [0.15, 0.2) is 41.5 Å². The fourth-order valence-corrected chi connectivity index (χ4v) is 0.733. The molecule has 0 saturated carbocycles. The van der Waals surface area contributed by atoms with Gasteiger partial charge >= 0.3 is 6.09 Å². The fourth-order valence-electron chi connectivity index (χ4n) is 0.733. The standard InChI is InChI=1S/C5H6O.C4H4N2O2/c1-5-3-2-4-6-5;7-4(8)6-2-1-5-3-6/h2-4H,1H3;1-3H,(H,7,8). The summed E-state index contributed by atoms with van der Waals surface area (Å²) < 4.78 is 5.81. The zero-order valence-electron chi connectivity index (χ0n) is 7.62. The molecule has 0 atom stereocenters. The topological polar surface area (TPSA) is 68.3 Å². The van der Waals surface area contributed by atoms with Gasteiger partial charge in [0.15, 0.2) is 0 Å². The van der Waals surface area contributed by atoms with Crippen LogP contribution in [0.5, 0.6) is 0 Å². The fraction of sp³-hybridized carbons (Fsp3) is 0.111. The van der Waals surface area contributed by atoms with Crippen LogP contribution in [0.2, 0.25) is 0 Å². The summed E-state index contributed by atoms with van der Waals surface area (Å²) in [5, 5.41) is 8.20. The monoisotopic (exact) mass is 194 g/mol. The quantitative estimate of drug-likeness (QED) is 0.696. The van der Waals surface area contributed by atoms with Crippen molar-refractivity contribution < 1.29 is 14.3 Å². The lowest BCUT2D eigenvalue weighted by atomic mass is 10.5. The lowest BCUT2D eigenvalue weighted by Gasteiger charge is -1.85. The molecule has 0 aliphatic heterocycles. The van der Waals surface area contributed by atoms with Crippen LogP contribution in [-0.2, 0) is 0 Å². The van der Waals surface area contributed by atoms with Gasteiger partial charge in [-0.05, 0) is 19.1 Å². The van der Waals surface area contributed by atoms with Crippen molar-refractivity contribution in [3.63, 3.8) is 0 Å². The molecule has 2 aromatic heterocycles. The molecule has 2 aromatic rings. The third-order valence-corrected chi connectivity index (χ3v) is 1.39. The van der Waals surface area contributed by atoms with E-state index < -0.39 is 6.09 Å². The van der Waals surface area contributed by atoms with Crippen LogP contribution in [0.1, 0.15) is 5.76 Å². The van der Waals surface area contributed by atoms with Gasteiger partial charge in [0.2, 0.25) is 0 Å². The minimum Gasteiger partial charge on any atom is -0.470 e. The molecule has 0 unspecified atom stereocenters. The second-order valence-corrected chi connectivity index (χ2v) is 2.48. The van der Waals surface area contributed by atoms with Gasteiger partial charge in [-0.25, -0.2) is 14.3 Å². The number of aryl methyl sites for hydroxylation is 1. The Balaban J connectivity index is 0.000000146. The summed E-state index contributed by atoms with van der Waals surface area (Å²) in [6.45, 7) is 1.92. The molecule has 0 fully saturated rings. The minimum absolute atomic E-state index is 0.968. The lowest BCUT2D eigenvalue weighted by Crippen LogP contribution is -2.03. The third-order valence-electron chi connectivity index (χ3n) is 1.39. The molecule has 1 N–H and O–H groups in total. The number of furan rings is 1. The van der Waals surface area contributed by atoms with Crippen molar-refractivity contribution in [2.75, 3.05) is 0 Å². The molecule has 0 amide bonds. The Morgan fingerprint density at radius 2 is 2.43 bits per heavy atom. The molecule has 74 valence electrons. The molecule has 0 aliphatic rings. The Morgan fingerprint density at radius 3 is 2.64 bits per heavy atom. The van der Waals surface area contributed by atoms with E-state index in [0.717, 1.165) is 10.3 Å². The van der Waals surface area contributed by atoms with Crippen LogP contribution in [0, 0.1) is 6.92 Å². The van der Waals surface area contributed by atoms with Gasteiger partial charge in [0, 0.05) is 12.4 Å². The highest BCUT2D eigenvalue weighted by Crippen LogP contribution is 1.93. The predicted octanol–water partition coefficient (Wildman–Crippen LogP) is 2.00. The Labute approximate surface area is 80.6 Å². The summed E-state index contributed by atoms with van der Waals surface area (Å²) >= 11 is 0. The van der Waals surface area contributed by atoms with Gasteiger partial charge in [0.25, 0.3) is 0 Å². The number of nitrogens with zero attached hydrogens (tertiary/aromatic N) is 2. The van der Waals surface area contributed by atoms with Crippen LogP contribution in [0.25, 0.3) is 0 Å². The molecule has 2 rings (SSSR count). The molecule has 14 heavy (non-hydrogen) atoms. The zero-order valence-corrected chi connectivity index (χ0v) is 7.62. The van der Waals surface area contributed by atoms with E-state index in [9.17, 15) is 4.79 Å². The van der Waals surface area contributed by atoms with Crippen molar-refractivity contribution in [2.45, 2.75) is 6.92 Å². The molecule has 0 bridgehead atoms. The second kappa shape index (κ2) is 4.86. The molecule has 5 nitrogen and oxygen atoms in total. The molecule has 5 heteroatoms. The summed E-state index contributed by atoms with van der Waals surface area (Å²) in [4.78, 5) is 13.5. The van der Waals surface area contributed by atoms with E-state index in [1.807, 2.05) is 19.1 Å². The summed E-state index contributed by atoms with van der Waals surface area (Å²) in [5.74, 6) is 0.968. The van der Waals surface area contributed by atoms with E-state index in [1.54, 1.807) is 6.26 Å². The number of hydrogen-bond donors (Lipinski definition) is 1. The van der Waals surface area contributed by atoms with Crippen LogP contribution < -0.4 is 0 Å². The van der Waals surface area contributed by atoms with Crippen molar-refractivity contribution in [2.24, 2.45) is 0 Å². The maximum atomic E-state index is 9.98. The van der Waals surface area contributed by atoms with Crippen LogP contribution in [0.4, 0.5) is 4.79 Å². The average molecular weight is 194 g/mol. The molecular formula is C9H10N2O3. The Hall–Kier alpha value is -2.04. The Bertz CT molecular complexity index is 365. The van der Waals surface area contributed by atoms with E-state index >= 15 is 0 Å². The molecule has 0 spiro atoms. The van der Waals surface area contributed by atoms with Gasteiger partial charge in [-0.3, -0.25) is 0 Å². The van der Waals surface area contributed by atoms with Gasteiger partial charge in [0.1, 0.15) is 12.1 Å². The smallest absolute Gasteiger partial charge is 0.416 e. The van der Waals surface area contributed by atoms with Crippen molar-refractivity contribution >= 4 is 6.09 Å². The van der Waals surface area contributed by atoms with Crippen LogP contribution >= 0.6 is 0 Å². The first kappa shape index (κ1) is 10.0. The van der Waals surface area contributed by atoms with E-state index in [0.29, 0.717) is 0 Å². The van der Waals surface area contributed by atoms with Gasteiger partial charge in [-0.1, -0.05) is 0 Å². The largest absolute Gasteiger partial charge is 0.470 e. The highest BCUT2D eigenvalue weighted by atomic mass is 16.4. The van der Waals surface area contributed by atoms with Crippen molar-refractivity contribution in [1.82, 2.24) is 9.55 Å². The number of carbonyl (C=O) groups is 1. The van der Waals surface area contributed by atoms with Crippen molar-refractivity contribution in [3.8, 4) is 0 Å². The molecular weight excluding hydrogens is 184 g/mol. The third kappa shape index (κ3) is 3.14. The predicted molar refractivity (Wildman–Crippen MR) is 49.1 cm³/mol. The molecule has 2 heterocycles. The normalized spacial score (nSPS) is 8.93. The van der Waals surface area contributed by atoms with Crippen LogP contribution in [0.3, 0.4) is 0 Å². The van der Waals surface area contributed by atoms with Crippen LogP contribution in [-0.4, -0.2) is 20.8 Å². The highest BCUT2D eigenvalue weighted by Gasteiger charge is 1.94. The minimum atomic E-state index is -1.01. The first-order valence-electron chi connectivity index (χ1n) is 3.91. The van der Waals surface area contributed by atoms with E-state index in [2.05, 4.69) is 4.98 Å². The van der Waals surface area contributed by atoms with Crippen molar-refractivity contribution in [1.29, 1.82) is 0 Å². The summed E-state index contributed by atoms with van der Waals surface area (Å²) in [5.41, 5.74) is 0. The number of aromatic nitrogens is 2. The van der Waals surface area contributed by atoms with E-state index in [1.165, 1.54) is 18.7 Å². The number of rotatable bonds is 0. The first-order valence-corrected chi connectivity index (χ1v) is 3.91. The van der Waals surface area contributed by atoms with Crippen molar-refractivity contribution in [3.05, 3.63) is 42.9 Å². The Morgan fingerprint density at radius 1 is 1.64 bits per heavy atom. The van der Waals surface area contributed by atoms with E-state index in [-0.39, 0.29) is 0 Å². The lowest BCUT2D eigenvalue weighted by molar-refractivity contribution is 0.196. The molecule has 0 radical (unpaired) electrons. The summed E-state index contributed by atoms with van der Waals surface area (Å²) in [7, 11) is 0. The Kier molecular flexibility index (Phi) is 3.49. The molecule has 0 saturated heterocycles. The number of hydrogen-bond acceptors (Lipinski definition) is 3. The van der Waals surface area contributed by atoms with E-state index in [4.69, 9.17) is 9.52 Å². The summed E-state index contributed by atoms with van der Waals surface area (Å²) in [6.07, 6.45) is 4.65. The maximum Gasteiger partial charge on any atom is 0.416 e. The first-order chi connectivity index (χ1) is 6.70. The molecule has 0 aromatic carbocycles. The second-order valence-electron chi connectivity index (χ2n) is 2.48. The molecule has 0 aliphatic carbocycles. The number of imidazole rings is 1. The SMILES string of the molecule is Cc1ccco1.O=C(O)n1ccnc1. The number of carboxylic acid groups (broad SMARTS) is 1. The average Bonchev–Trinajstić information content (AvgIpc) is 2.75. The highest BCUT2D eigenvalue weighted by molar-refractivity contribution is 5.67. The van der Waals surface area contributed by atoms with Gasteiger partial charge in [-0.15, -0.1) is 0 Å². The summed E-state index contributed by atoms with van der Waals surface area (Å²) in [6, 6.07) is 3.79. The van der Waals surface area contributed by atoms with Gasteiger partial charge in [0.05, 0.1) is 6.26 Å². The van der Waals surface area contributed by atoms with Gasteiger partial charge < -0.3 is 9.52 Å². The van der Waals surface area contributed by atoms with Gasteiger partial charge in [-0.2, -0.15) is 0 Å². The maximum absolute atomic E-state index is 9.98.